The highest BCUT2D eigenvalue weighted by molar-refractivity contribution is 5.55. The molecule has 0 unspecified atom stereocenters. The molecular weight excluding hydrogens is 291 g/mol. The van der Waals surface area contributed by atoms with Crippen LogP contribution in [0.2, 0.25) is 0 Å². The summed E-state index contributed by atoms with van der Waals surface area (Å²) in [4.78, 5) is 11.2. The molecule has 0 radical (unpaired) electrons. The van der Waals surface area contributed by atoms with E-state index in [4.69, 9.17) is 0 Å². The van der Waals surface area contributed by atoms with Gasteiger partial charge >= 0.3 is 6.18 Å². The van der Waals surface area contributed by atoms with E-state index in [9.17, 15) is 13.2 Å². The van der Waals surface area contributed by atoms with Crippen LogP contribution in [0.15, 0.2) is 36.8 Å². The first-order valence-corrected chi connectivity index (χ1v) is 7.38. The maximum atomic E-state index is 12.6. The number of hydrogen-bond donors (Lipinski definition) is 0. The van der Waals surface area contributed by atoms with Gasteiger partial charge in [0.25, 0.3) is 0 Å². The maximum absolute atomic E-state index is 12.6. The fraction of sp³-hybridized carbons (Fsp3) is 0.438. The van der Waals surface area contributed by atoms with Crippen LogP contribution in [0.25, 0.3) is 11.5 Å². The minimum Gasteiger partial charge on any atom is -0.252 e. The number of rotatable bonds is 1. The van der Waals surface area contributed by atoms with Crippen molar-refractivity contribution >= 4 is 0 Å². The fourth-order valence-corrected chi connectivity index (χ4v) is 1.23. The van der Waals surface area contributed by atoms with Gasteiger partial charge in [-0.3, -0.25) is 4.98 Å². The number of halogens is 3. The number of aromatic nitrogens is 3. The van der Waals surface area contributed by atoms with Crippen molar-refractivity contribution in [1.29, 1.82) is 0 Å². The Kier molecular flexibility index (Phi) is 12.9. The zero-order valence-electron chi connectivity index (χ0n) is 13.9. The molecule has 0 saturated carbocycles. The Bertz CT molecular complexity index is 485. The Hall–Kier alpha value is -1.98. The van der Waals surface area contributed by atoms with Gasteiger partial charge < -0.3 is 0 Å². The van der Waals surface area contributed by atoms with Crippen molar-refractivity contribution in [3.63, 3.8) is 0 Å². The predicted octanol–water partition coefficient (Wildman–Crippen LogP) is 5.64. The van der Waals surface area contributed by atoms with Gasteiger partial charge in [-0.15, -0.1) is 0 Å². The summed E-state index contributed by atoms with van der Waals surface area (Å²) in [7, 11) is 0. The van der Waals surface area contributed by atoms with Crippen molar-refractivity contribution in [3.8, 4) is 11.5 Å². The number of hydrogen-bond acceptors (Lipinski definition) is 3. The van der Waals surface area contributed by atoms with Crippen LogP contribution in [0.4, 0.5) is 13.2 Å². The molecule has 0 aliphatic heterocycles. The average molecular weight is 315 g/mol. The van der Waals surface area contributed by atoms with Gasteiger partial charge in [0.1, 0.15) is 5.69 Å². The molecular formula is C16H24F3N3. The van der Waals surface area contributed by atoms with Crippen molar-refractivity contribution in [1.82, 2.24) is 15.0 Å². The topological polar surface area (TPSA) is 38.7 Å². The van der Waals surface area contributed by atoms with Crippen LogP contribution >= 0.6 is 0 Å². The second-order valence-electron chi connectivity index (χ2n) is 2.97. The summed E-state index contributed by atoms with van der Waals surface area (Å²) < 4.78 is 37.9. The summed E-state index contributed by atoms with van der Waals surface area (Å²) in [6.07, 6.45) is -0.432. The molecule has 0 amide bonds. The van der Waals surface area contributed by atoms with E-state index in [2.05, 4.69) is 15.0 Å². The van der Waals surface area contributed by atoms with Crippen LogP contribution in [0, 0.1) is 0 Å². The second-order valence-corrected chi connectivity index (χ2v) is 2.97. The molecule has 0 aliphatic carbocycles. The van der Waals surface area contributed by atoms with Gasteiger partial charge in [0.05, 0.1) is 5.56 Å². The Morgan fingerprint density at radius 3 is 1.64 bits per heavy atom. The Morgan fingerprint density at radius 1 is 0.727 bits per heavy atom. The van der Waals surface area contributed by atoms with Crippen molar-refractivity contribution in [2.24, 2.45) is 0 Å². The molecule has 124 valence electrons. The molecule has 0 fully saturated rings. The SMILES string of the molecule is CC.CC.CC.FC(F)(F)c1cccnc1-c1ncccn1. The molecule has 0 aromatic carbocycles. The molecule has 2 aromatic heterocycles. The second kappa shape index (κ2) is 12.7. The first kappa shape index (κ1) is 22.3. The zero-order chi connectivity index (χ0) is 17.6. The van der Waals surface area contributed by atoms with Crippen molar-refractivity contribution < 1.29 is 13.2 Å². The highest BCUT2D eigenvalue weighted by atomic mass is 19.4. The molecule has 0 bridgehead atoms. The summed E-state index contributed by atoms with van der Waals surface area (Å²) in [5, 5.41) is 0. The van der Waals surface area contributed by atoms with Crippen molar-refractivity contribution in [3.05, 3.63) is 42.4 Å². The van der Waals surface area contributed by atoms with Gasteiger partial charge in [0, 0.05) is 18.6 Å². The molecule has 2 aromatic rings. The normalized spacial score (nSPS) is 9.14. The Balaban J connectivity index is 0. The highest BCUT2D eigenvalue weighted by Crippen LogP contribution is 2.34. The van der Waals surface area contributed by atoms with Gasteiger partial charge in [0.15, 0.2) is 5.82 Å². The molecule has 6 heteroatoms. The summed E-state index contributed by atoms with van der Waals surface area (Å²) in [6.45, 7) is 12.0. The van der Waals surface area contributed by atoms with Gasteiger partial charge in [-0.2, -0.15) is 13.2 Å². The number of alkyl halides is 3. The van der Waals surface area contributed by atoms with Crippen LogP contribution in [-0.4, -0.2) is 15.0 Å². The first-order chi connectivity index (χ1) is 10.6. The van der Waals surface area contributed by atoms with Gasteiger partial charge in [0.2, 0.25) is 0 Å². The third kappa shape index (κ3) is 7.15. The molecule has 0 atom stereocenters. The summed E-state index contributed by atoms with van der Waals surface area (Å²) >= 11 is 0. The minimum atomic E-state index is -4.46. The van der Waals surface area contributed by atoms with Crippen LogP contribution in [0.3, 0.4) is 0 Å². The number of pyridine rings is 1. The molecule has 0 spiro atoms. The summed E-state index contributed by atoms with van der Waals surface area (Å²) in [5.41, 5.74) is -1.09. The van der Waals surface area contributed by atoms with Crippen LogP contribution in [0.5, 0.6) is 0 Å². The monoisotopic (exact) mass is 315 g/mol. The average Bonchev–Trinajstić information content (AvgIpc) is 2.60. The van der Waals surface area contributed by atoms with Gasteiger partial charge in [-0.05, 0) is 18.2 Å². The number of nitrogens with zero attached hydrogens (tertiary/aromatic N) is 3. The molecule has 2 heterocycles. The first-order valence-electron chi connectivity index (χ1n) is 7.38. The molecule has 3 nitrogen and oxygen atoms in total. The van der Waals surface area contributed by atoms with Crippen LogP contribution < -0.4 is 0 Å². The third-order valence-corrected chi connectivity index (χ3v) is 1.89. The predicted molar refractivity (Wildman–Crippen MR) is 84.3 cm³/mol. The third-order valence-electron chi connectivity index (χ3n) is 1.89. The highest BCUT2D eigenvalue weighted by Gasteiger charge is 2.34. The van der Waals surface area contributed by atoms with E-state index in [1.54, 1.807) is 0 Å². The van der Waals surface area contributed by atoms with E-state index < -0.39 is 11.7 Å². The van der Waals surface area contributed by atoms with Crippen molar-refractivity contribution in [2.45, 2.75) is 47.7 Å². The van der Waals surface area contributed by atoms with Crippen LogP contribution in [0.1, 0.15) is 47.1 Å². The lowest BCUT2D eigenvalue weighted by Crippen LogP contribution is -2.09. The maximum Gasteiger partial charge on any atom is 0.418 e. The summed E-state index contributed by atoms with van der Waals surface area (Å²) in [6, 6.07) is 3.72. The Labute approximate surface area is 130 Å². The lowest BCUT2D eigenvalue weighted by atomic mass is 10.2. The lowest BCUT2D eigenvalue weighted by Gasteiger charge is -2.09. The minimum absolute atomic E-state index is 0.0320. The standard InChI is InChI=1S/C10H6F3N3.3C2H6/c11-10(12,13)7-3-1-4-14-8(7)9-15-5-2-6-16-9;3*1-2/h1-6H;3*1-2H3. The summed E-state index contributed by atoms with van der Waals surface area (Å²) in [5.74, 6) is -0.0320. The molecule has 22 heavy (non-hydrogen) atoms. The fourth-order valence-electron chi connectivity index (χ4n) is 1.23. The van der Waals surface area contributed by atoms with Gasteiger partial charge in [-0.1, -0.05) is 41.5 Å². The van der Waals surface area contributed by atoms with E-state index in [0.717, 1.165) is 6.07 Å². The molecule has 0 saturated heterocycles. The van der Waals surface area contributed by atoms with E-state index >= 15 is 0 Å². The van der Waals surface area contributed by atoms with E-state index in [-0.39, 0.29) is 11.5 Å². The largest absolute Gasteiger partial charge is 0.418 e. The van der Waals surface area contributed by atoms with Gasteiger partial charge in [-0.25, -0.2) is 9.97 Å². The smallest absolute Gasteiger partial charge is 0.252 e. The molecule has 0 N–H and O–H groups in total. The quantitative estimate of drug-likeness (QED) is 0.684. The van der Waals surface area contributed by atoms with Crippen LogP contribution in [-0.2, 0) is 6.18 Å². The molecule has 0 aliphatic rings. The lowest BCUT2D eigenvalue weighted by molar-refractivity contribution is -0.137. The van der Waals surface area contributed by atoms with E-state index in [1.807, 2.05) is 41.5 Å². The van der Waals surface area contributed by atoms with Crippen molar-refractivity contribution in [2.75, 3.05) is 0 Å². The van der Waals surface area contributed by atoms with E-state index in [1.165, 1.54) is 30.7 Å². The zero-order valence-corrected chi connectivity index (χ0v) is 13.9. The van der Waals surface area contributed by atoms with E-state index in [0.29, 0.717) is 0 Å². The Morgan fingerprint density at radius 2 is 1.18 bits per heavy atom. The molecule has 2 rings (SSSR count).